The van der Waals surface area contributed by atoms with Crippen LogP contribution >= 0.6 is 0 Å². The SMILES string of the molecule is Cc1ccnc(NC(=O)c2cccc(CN3C(=O)c4ccccc4C3=O)c2)c1. The Morgan fingerprint density at radius 2 is 1.68 bits per heavy atom. The first-order valence-electron chi connectivity index (χ1n) is 8.81. The van der Waals surface area contributed by atoms with E-state index in [2.05, 4.69) is 10.3 Å². The molecule has 3 aromatic rings. The molecular weight excluding hydrogens is 354 g/mol. The number of benzene rings is 2. The molecule has 0 radical (unpaired) electrons. The van der Waals surface area contributed by atoms with E-state index in [-0.39, 0.29) is 24.3 Å². The minimum Gasteiger partial charge on any atom is -0.307 e. The number of aryl methyl sites for hydroxylation is 1. The number of carbonyl (C=O) groups excluding carboxylic acids is 3. The summed E-state index contributed by atoms with van der Waals surface area (Å²) in [4.78, 5) is 42.9. The van der Waals surface area contributed by atoms with Gasteiger partial charge in [0.1, 0.15) is 5.82 Å². The van der Waals surface area contributed by atoms with Gasteiger partial charge in [0.05, 0.1) is 17.7 Å². The monoisotopic (exact) mass is 371 g/mol. The number of aromatic nitrogens is 1. The maximum absolute atomic E-state index is 12.5. The summed E-state index contributed by atoms with van der Waals surface area (Å²) in [6.07, 6.45) is 1.63. The fourth-order valence-electron chi connectivity index (χ4n) is 3.17. The first-order chi connectivity index (χ1) is 13.5. The van der Waals surface area contributed by atoms with Gasteiger partial charge in [-0.2, -0.15) is 0 Å². The second-order valence-electron chi connectivity index (χ2n) is 6.61. The van der Waals surface area contributed by atoms with Crippen LogP contribution in [0.2, 0.25) is 0 Å². The zero-order chi connectivity index (χ0) is 19.7. The number of imide groups is 1. The van der Waals surface area contributed by atoms with Crippen LogP contribution < -0.4 is 5.32 Å². The summed E-state index contributed by atoms with van der Waals surface area (Å²) < 4.78 is 0. The zero-order valence-corrected chi connectivity index (χ0v) is 15.2. The van der Waals surface area contributed by atoms with Crippen LogP contribution in [-0.2, 0) is 6.54 Å². The molecule has 2 aromatic carbocycles. The second kappa shape index (κ2) is 7.08. The standard InChI is InChI=1S/C22H17N3O3/c1-14-9-10-23-19(11-14)24-20(26)16-6-4-5-15(12-16)13-25-21(27)17-7-2-3-8-18(17)22(25)28/h2-12H,13H2,1H3,(H,23,24,26). The summed E-state index contributed by atoms with van der Waals surface area (Å²) in [5, 5.41) is 2.75. The van der Waals surface area contributed by atoms with Crippen LogP contribution in [0.25, 0.3) is 0 Å². The van der Waals surface area contributed by atoms with Gasteiger partial charge in [0, 0.05) is 11.8 Å². The van der Waals surface area contributed by atoms with E-state index in [0.29, 0.717) is 28.1 Å². The number of fused-ring (bicyclic) bond motifs is 1. The van der Waals surface area contributed by atoms with Gasteiger partial charge >= 0.3 is 0 Å². The van der Waals surface area contributed by atoms with E-state index in [1.807, 2.05) is 13.0 Å². The highest BCUT2D eigenvalue weighted by Crippen LogP contribution is 2.24. The van der Waals surface area contributed by atoms with Gasteiger partial charge in [0.15, 0.2) is 0 Å². The van der Waals surface area contributed by atoms with Gasteiger partial charge in [0.2, 0.25) is 0 Å². The lowest BCUT2D eigenvalue weighted by Gasteiger charge is -2.14. The Bertz CT molecular complexity index is 1070. The van der Waals surface area contributed by atoms with E-state index in [4.69, 9.17) is 0 Å². The number of pyridine rings is 1. The van der Waals surface area contributed by atoms with Crippen LogP contribution in [-0.4, -0.2) is 27.6 Å². The number of carbonyl (C=O) groups is 3. The van der Waals surface area contributed by atoms with Crippen molar-refractivity contribution in [1.82, 2.24) is 9.88 Å². The van der Waals surface area contributed by atoms with Gasteiger partial charge < -0.3 is 5.32 Å². The third kappa shape index (κ3) is 3.27. The molecule has 0 spiro atoms. The predicted octanol–water partition coefficient (Wildman–Crippen LogP) is 3.44. The summed E-state index contributed by atoms with van der Waals surface area (Å²) in [7, 11) is 0. The third-order valence-electron chi connectivity index (χ3n) is 4.57. The number of nitrogens with zero attached hydrogens (tertiary/aromatic N) is 2. The molecule has 1 aliphatic rings. The largest absolute Gasteiger partial charge is 0.307 e. The Hall–Kier alpha value is -3.80. The number of hydrogen-bond donors (Lipinski definition) is 1. The van der Waals surface area contributed by atoms with Crippen molar-refractivity contribution in [2.24, 2.45) is 0 Å². The summed E-state index contributed by atoms with van der Waals surface area (Å²) in [6, 6.07) is 17.3. The average molecular weight is 371 g/mol. The molecule has 2 heterocycles. The minimum absolute atomic E-state index is 0.107. The molecule has 0 bridgehead atoms. The maximum Gasteiger partial charge on any atom is 0.261 e. The molecule has 1 aliphatic heterocycles. The van der Waals surface area contributed by atoms with Gasteiger partial charge in [0.25, 0.3) is 17.7 Å². The molecule has 3 amide bonds. The molecule has 6 heteroatoms. The molecule has 138 valence electrons. The molecule has 6 nitrogen and oxygen atoms in total. The lowest BCUT2D eigenvalue weighted by molar-refractivity contribution is 0.0642. The highest BCUT2D eigenvalue weighted by atomic mass is 16.2. The van der Waals surface area contributed by atoms with Gasteiger partial charge in [-0.25, -0.2) is 4.98 Å². The fourth-order valence-corrected chi connectivity index (χ4v) is 3.17. The van der Waals surface area contributed by atoms with Crippen LogP contribution in [0.4, 0.5) is 5.82 Å². The van der Waals surface area contributed by atoms with E-state index in [1.165, 1.54) is 4.90 Å². The van der Waals surface area contributed by atoms with Crippen molar-refractivity contribution >= 4 is 23.5 Å². The van der Waals surface area contributed by atoms with Crippen molar-refractivity contribution in [3.63, 3.8) is 0 Å². The van der Waals surface area contributed by atoms with E-state index < -0.39 is 0 Å². The molecule has 1 N–H and O–H groups in total. The molecule has 0 atom stereocenters. The molecule has 1 aromatic heterocycles. The normalized spacial score (nSPS) is 12.8. The number of nitrogens with one attached hydrogen (secondary N) is 1. The number of amides is 3. The van der Waals surface area contributed by atoms with Crippen molar-refractivity contribution in [3.8, 4) is 0 Å². The van der Waals surface area contributed by atoms with E-state index >= 15 is 0 Å². The molecule has 0 saturated carbocycles. The van der Waals surface area contributed by atoms with E-state index in [1.54, 1.807) is 60.8 Å². The Morgan fingerprint density at radius 1 is 0.964 bits per heavy atom. The first kappa shape index (κ1) is 17.6. The Balaban J connectivity index is 1.52. The Kier molecular flexibility index (Phi) is 4.45. The van der Waals surface area contributed by atoms with E-state index in [0.717, 1.165) is 5.56 Å². The second-order valence-corrected chi connectivity index (χ2v) is 6.61. The molecule has 0 fully saturated rings. The Morgan fingerprint density at radius 3 is 2.36 bits per heavy atom. The van der Waals surface area contributed by atoms with Crippen molar-refractivity contribution < 1.29 is 14.4 Å². The number of hydrogen-bond acceptors (Lipinski definition) is 4. The summed E-state index contributed by atoms with van der Waals surface area (Å²) >= 11 is 0. The number of rotatable bonds is 4. The predicted molar refractivity (Wildman–Crippen MR) is 104 cm³/mol. The van der Waals surface area contributed by atoms with Crippen molar-refractivity contribution in [3.05, 3.63) is 94.7 Å². The summed E-state index contributed by atoms with van der Waals surface area (Å²) in [5.74, 6) is -0.475. The van der Waals surface area contributed by atoms with Crippen molar-refractivity contribution in [2.75, 3.05) is 5.32 Å². The van der Waals surface area contributed by atoms with Crippen LogP contribution in [0.1, 0.15) is 42.2 Å². The lowest BCUT2D eigenvalue weighted by Crippen LogP contribution is -2.29. The summed E-state index contributed by atoms with van der Waals surface area (Å²) in [5.41, 5.74) is 2.93. The Labute approximate surface area is 161 Å². The van der Waals surface area contributed by atoms with Crippen LogP contribution in [0, 0.1) is 6.92 Å². The lowest BCUT2D eigenvalue weighted by atomic mass is 10.1. The zero-order valence-electron chi connectivity index (χ0n) is 15.2. The minimum atomic E-state index is -0.320. The quantitative estimate of drug-likeness (QED) is 0.713. The molecule has 28 heavy (non-hydrogen) atoms. The topological polar surface area (TPSA) is 79.4 Å². The number of anilines is 1. The molecule has 0 unspecified atom stereocenters. The molecule has 4 rings (SSSR count). The van der Waals surface area contributed by atoms with Crippen molar-refractivity contribution in [2.45, 2.75) is 13.5 Å². The van der Waals surface area contributed by atoms with Crippen LogP contribution in [0.15, 0.2) is 66.9 Å². The van der Waals surface area contributed by atoms with Gasteiger partial charge in [-0.05, 0) is 54.4 Å². The third-order valence-corrected chi connectivity index (χ3v) is 4.57. The maximum atomic E-state index is 12.5. The van der Waals surface area contributed by atoms with Crippen LogP contribution in [0.5, 0.6) is 0 Å². The molecule has 0 aliphatic carbocycles. The molecular formula is C22H17N3O3. The van der Waals surface area contributed by atoms with Gasteiger partial charge in [-0.15, -0.1) is 0 Å². The van der Waals surface area contributed by atoms with Crippen molar-refractivity contribution in [1.29, 1.82) is 0 Å². The highest BCUT2D eigenvalue weighted by Gasteiger charge is 2.34. The first-order valence-corrected chi connectivity index (χ1v) is 8.81. The average Bonchev–Trinajstić information content (AvgIpc) is 2.93. The summed E-state index contributed by atoms with van der Waals surface area (Å²) in [6.45, 7) is 2.02. The fraction of sp³-hybridized carbons (Fsp3) is 0.0909. The van der Waals surface area contributed by atoms with Gasteiger partial charge in [-0.3, -0.25) is 19.3 Å². The molecule has 0 saturated heterocycles. The smallest absolute Gasteiger partial charge is 0.261 e. The highest BCUT2D eigenvalue weighted by molar-refractivity contribution is 6.21. The van der Waals surface area contributed by atoms with Gasteiger partial charge in [-0.1, -0.05) is 24.3 Å². The van der Waals surface area contributed by atoms with E-state index in [9.17, 15) is 14.4 Å². The van der Waals surface area contributed by atoms with Crippen LogP contribution in [0.3, 0.4) is 0 Å².